The van der Waals surface area contributed by atoms with Crippen LogP contribution in [0.5, 0.6) is 23.0 Å². The van der Waals surface area contributed by atoms with Crippen LogP contribution in [0.25, 0.3) is 77.7 Å². The molecular formula is C51H34N2O2. The summed E-state index contributed by atoms with van der Waals surface area (Å²) in [4.78, 5) is 10.5. The highest BCUT2D eigenvalue weighted by Crippen LogP contribution is 2.55. The van der Waals surface area contributed by atoms with E-state index in [-0.39, 0.29) is 5.41 Å². The lowest BCUT2D eigenvalue weighted by Crippen LogP contribution is -2.15. The average molecular weight is 707 g/mol. The fourth-order valence-corrected chi connectivity index (χ4v) is 8.52. The van der Waals surface area contributed by atoms with Crippen LogP contribution in [-0.2, 0) is 5.41 Å². The van der Waals surface area contributed by atoms with Gasteiger partial charge in [-0.25, -0.2) is 9.97 Å². The maximum atomic E-state index is 6.65. The number of nitrogens with zero attached hydrogens (tertiary/aromatic N) is 2. The molecule has 0 saturated carbocycles. The largest absolute Gasteiger partial charge is 0.450 e. The first-order chi connectivity index (χ1) is 27.0. The van der Waals surface area contributed by atoms with Crippen LogP contribution in [0, 0.1) is 0 Å². The molecule has 0 amide bonds. The standard InChI is InChI=1S/C51H34N2O2/c1-51(2)42-19-11-10-17-39(42)41-28-48-49(29-43(41)51)54-46-25-23-34(27-47(46)55-48)37-16-8-9-18-40(37)50-52-44(32-13-4-3-5-14-32)30-45(53-50)35-22-24-38-33(26-35)21-20-31-12-6-7-15-36(31)38/h3-30H,1-2H3. The first-order valence-electron chi connectivity index (χ1n) is 18.7. The van der Waals surface area contributed by atoms with Crippen molar-refractivity contribution in [3.8, 4) is 79.2 Å². The van der Waals surface area contributed by atoms with E-state index >= 15 is 0 Å². The number of rotatable bonds is 4. The Morgan fingerprint density at radius 3 is 1.89 bits per heavy atom. The number of benzene rings is 8. The second-order valence-electron chi connectivity index (χ2n) is 15.0. The Hall–Kier alpha value is -7.04. The summed E-state index contributed by atoms with van der Waals surface area (Å²) >= 11 is 0. The van der Waals surface area contributed by atoms with E-state index in [1.54, 1.807) is 0 Å². The van der Waals surface area contributed by atoms with Crippen molar-refractivity contribution in [2.24, 2.45) is 0 Å². The molecule has 0 spiro atoms. The molecule has 0 N–H and O–H groups in total. The summed E-state index contributed by atoms with van der Waals surface area (Å²) in [5.41, 5.74) is 11.6. The van der Waals surface area contributed by atoms with Crippen molar-refractivity contribution < 1.29 is 9.47 Å². The Kier molecular flexibility index (Phi) is 6.86. The smallest absolute Gasteiger partial charge is 0.170 e. The van der Waals surface area contributed by atoms with Crippen LogP contribution in [0.1, 0.15) is 25.0 Å². The third-order valence-electron chi connectivity index (χ3n) is 11.3. The quantitative estimate of drug-likeness (QED) is 0.171. The number of ether oxygens (including phenoxy) is 2. The zero-order valence-corrected chi connectivity index (χ0v) is 30.4. The molecule has 1 aromatic heterocycles. The second-order valence-corrected chi connectivity index (χ2v) is 15.0. The summed E-state index contributed by atoms with van der Waals surface area (Å²) in [6.07, 6.45) is 0. The highest BCUT2D eigenvalue weighted by atomic mass is 16.6. The van der Waals surface area contributed by atoms with E-state index in [2.05, 4.69) is 153 Å². The molecule has 11 rings (SSSR count). The normalized spacial score (nSPS) is 13.3. The highest BCUT2D eigenvalue weighted by molar-refractivity contribution is 6.08. The lowest BCUT2D eigenvalue weighted by Gasteiger charge is -2.25. The van der Waals surface area contributed by atoms with Crippen molar-refractivity contribution in [2.75, 3.05) is 0 Å². The van der Waals surface area contributed by atoms with Gasteiger partial charge in [-0.15, -0.1) is 0 Å². The van der Waals surface area contributed by atoms with Gasteiger partial charge >= 0.3 is 0 Å². The van der Waals surface area contributed by atoms with E-state index in [1.807, 2.05) is 30.3 Å². The summed E-state index contributed by atoms with van der Waals surface area (Å²) in [7, 11) is 0. The molecule has 1 aliphatic carbocycles. The Labute approximate surface area is 319 Å². The van der Waals surface area contributed by atoms with Crippen LogP contribution in [0.2, 0.25) is 0 Å². The van der Waals surface area contributed by atoms with Gasteiger partial charge in [-0.05, 0) is 91.3 Å². The molecule has 1 aliphatic heterocycles. The molecule has 4 nitrogen and oxygen atoms in total. The number of hydrogen-bond acceptors (Lipinski definition) is 4. The van der Waals surface area contributed by atoms with E-state index < -0.39 is 0 Å². The molecule has 9 aromatic rings. The van der Waals surface area contributed by atoms with Crippen molar-refractivity contribution in [3.63, 3.8) is 0 Å². The molecule has 0 unspecified atom stereocenters. The Morgan fingerprint density at radius 1 is 0.382 bits per heavy atom. The summed E-state index contributed by atoms with van der Waals surface area (Å²) in [5, 5.41) is 4.88. The molecule has 2 aliphatic rings. The molecule has 0 radical (unpaired) electrons. The van der Waals surface area contributed by atoms with Crippen LogP contribution < -0.4 is 9.47 Å². The van der Waals surface area contributed by atoms with Crippen LogP contribution >= 0.6 is 0 Å². The van der Waals surface area contributed by atoms with E-state index in [0.29, 0.717) is 17.3 Å². The second kappa shape index (κ2) is 12.0. The van der Waals surface area contributed by atoms with Crippen LogP contribution in [0.3, 0.4) is 0 Å². The minimum Gasteiger partial charge on any atom is -0.450 e. The van der Waals surface area contributed by atoms with Gasteiger partial charge in [0.2, 0.25) is 0 Å². The van der Waals surface area contributed by atoms with Crippen LogP contribution in [0.4, 0.5) is 0 Å². The van der Waals surface area contributed by atoms with Gasteiger partial charge in [0.05, 0.1) is 11.4 Å². The van der Waals surface area contributed by atoms with Gasteiger partial charge in [-0.2, -0.15) is 0 Å². The van der Waals surface area contributed by atoms with Crippen molar-refractivity contribution in [1.82, 2.24) is 9.97 Å². The van der Waals surface area contributed by atoms with Gasteiger partial charge in [-0.3, -0.25) is 0 Å². The molecule has 0 bridgehead atoms. The predicted molar refractivity (Wildman–Crippen MR) is 223 cm³/mol. The minimum absolute atomic E-state index is 0.124. The molecule has 260 valence electrons. The molecule has 55 heavy (non-hydrogen) atoms. The molecule has 2 heterocycles. The zero-order valence-electron chi connectivity index (χ0n) is 30.4. The van der Waals surface area contributed by atoms with E-state index in [0.717, 1.165) is 50.7 Å². The molecule has 0 atom stereocenters. The van der Waals surface area contributed by atoms with E-state index in [1.165, 1.54) is 43.8 Å². The number of hydrogen-bond donors (Lipinski definition) is 0. The average Bonchev–Trinajstić information content (AvgIpc) is 3.46. The van der Waals surface area contributed by atoms with Gasteiger partial charge in [-0.1, -0.05) is 147 Å². The lowest BCUT2D eigenvalue weighted by molar-refractivity contribution is 0.359. The topological polar surface area (TPSA) is 44.2 Å². The van der Waals surface area contributed by atoms with Crippen LogP contribution in [-0.4, -0.2) is 9.97 Å². The molecule has 8 aromatic carbocycles. The van der Waals surface area contributed by atoms with Crippen molar-refractivity contribution in [3.05, 3.63) is 181 Å². The highest BCUT2D eigenvalue weighted by Gasteiger charge is 2.37. The van der Waals surface area contributed by atoms with E-state index in [9.17, 15) is 0 Å². The SMILES string of the molecule is CC1(C)c2ccccc2-c2cc3c(cc21)Oc1ccc(-c2ccccc2-c2nc(-c4ccccc4)cc(-c4ccc5c(ccc6ccccc65)c4)n2)cc1O3. The minimum atomic E-state index is -0.124. The fraction of sp³-hybridized carbons (Fsp3) is 0.0588. The van der Waals surface area contributed by atoms with E-state index in [4.69, 9.17) is 19.4 Å². The first-order valence-corrected chi connectivity index (χ1v) is 18.7. The summed E-state index contributed by atoms with van der Waals surface area (Å²) in [5.74, 6) is 3.48. The maximum Gasteiger partial charge on any atom is 0.170 e. The number of fused-ring (bicyclic) bond motifs is 8. The third-order valence-corrected chi connectivity index (χ3v) is 11.3. The lowest BCUT2D eigenvalue weighted by atomic mass is 9.82. The van der Waals surface area contributed by atoms with Gasteiger partial charge < -0.3 is 9.47 Å². The zero-order chi connectivity index (χ0) is 36.7. The maximum absolute atomic E-state index is 6.65. The van der Waals surface area contributed by atoms with Crippen molar-refractivity contribution in [1.29, 1.82) is 0 Å². The molecule has 4 heteroatoms. The monoisotopic (exact) mass is 706 g/mol. The van der Waals surface area contributed by atoms with Gasteiger partial charge in [0.15, 0.2) is 28.8 Å². The van der Waals surface area contributed by atoms with Crippen molar-refractivity contribution in [2.45, 2.75) is 19.3 Å². The summed E-state index contributed by atoms with van der Waals surface area (Å²) < 4.78 is 13.2. The predicted octanol–water partition coefficient (Wildman–Crippen LogP) is 13.7. The van der Waals surface area contributed by atoms with Gasteiger partial charge in [0, 0.05) is 22.1 Å². The third kappa shape index (κ3) is 5.06. The molecule has 0 fully saturated rings. The summed E-state index contributed by atoms with van der Waals surface area (Å²) in [6, 6.07) is 59.4. The summed E-state index contributed by atoms with van der Waals surface area (Å²) in [6.45, 7) is 4.55. The molecular weight excluding hydrogens is 673 g/mol. The first kappa shape index (κ1) is 31.5. The number of aromatic nitrogens is 2. The Bertz CT molecular complexity index is 3020. The van der Waals surface area contributed by atoms with Gasteiger partial charge in [0.25, 0.3) is 0 Å². The Morgan fingerprint density at radius 2 is 1.02 bits per heavy atom. The van der Waals surface area contributed by atoms with Gasteiger partial charge in [0.1, 0.15) is 0 Å². The molecule has 0 saturated heterocycles. The Balaban J connectivity index is 1.01. The fourth-order valence-electron chi connectivity index (χ4n) is 8.52. The van der Waals surface area contributed by atoms with Crippen molar-refractivity contribution >= 4 is 21.5 Å². The van der Waals surface area contributed by atoms with Crippen LogP contribution in [0.15, 0.2) is 170 Å².